The maximum atomic E-state index is 5.95. The van der Waals surface area contributed by atoms with Crippen LogP contribution in [0.1, 0.15) is 47.0 Å². The quantitative estimate of drug-likeness (QED) is 0.560. The van der Waals surface area contributed by atoms with Gasteiger partial charge in [-0.3, -0.25) is 0 Å². The molecular weight excluding hydrogens is 226 g/mol. The number of hydrogen-bond donors (Lipinski definition) is 1. The molecule has 0 radical (unpaired) electrons. The van der Waals surface area contributed by atoms with E-state index in [-0.39, 0.29) is 17.7 Å². The molecule has 0 aromatic heterocycles. The van der Waals surface area contributed by atoms with Gasteiger partial charge in [0.25, 0.3) is 0 Å². The Labute approximate surface area is 112 Å². The molecule has 0 amide bonds. The molecule has 0 aromatic rings. The predicted octanol–water partition coefficient (Wildman–Crippen LogP) is 2.90. The highest BCUT2D eigenvalue weighted by atomic mass is 16.5. The number of ether oxygens (including phenoxy) is 2. The number of rotatable bonds is 7. The zero-order chi connectivity index (χ0) is 13.4. The Morgan fingerprint density at radius 1 is 1.28 bits per heavy atom. The van der Waals surface area contributed by atoms with Crippen LogP contribution in [0.5, 0.6) is 0 Å². The monoisotopic (exact) mass is 255 g/mol. The van der Waals surface area contributed by atoms with E-state index >= 15 is 0 Å². The van der Waals surface area contributed by atoms with Crippen LogP contribution in [0.15, 0.2) is 12.2 Å². The van der Waals surface area contributed by atoms with Crippen molar-refractivity contribution in [2.45, 2.75) is 64.7 Å². The van der Waals surface area contributed by atoms with Gasteiger partial charge >= 0.3 is 0 Å². The van der Waals surface area contributed by atoms with E-state index in [0.717, 1.165) is 39.0 Å². The first-order valence-corrected chi connectivity index (χ1v) is 7.18. The van der Waals surface area contributed by atoms with Gasteiger partial charge in [-0.15, -0.1) is 0 Å². The molecule has 1 N–H and O–H groups in total. The highest BCUT2D eigenvalue weighted by Crippen LogP contribution is 2.18. The summed E-state index contributed by atoms with van der Waals surface area (Å²) in [6.07, 6.45) is 7.97. The van der Waals surface area contributed by atoms with Crippen molar-refractivity contribution in [3.8, 4) is 0 Å². The Balaban J connectivity index is 2.15. The van der Waals surface area contributed by atoms with Gasteiger partial charge in [0.05, 0.1) is 6.10 Å². The number of allylic oxidation sites excluding steroid dienone is 1. The minimum atomic E-state index is 0.152. The number of hydrogen-bond acceptors (Lipinski definition) is 3. The van der Waals surface area contributed by atoms with Crippen molar-refractivity contribution in [3.63, 3.8) is 0 Å². The molecule has 3 nitrogen and oxygen atoms in total. The maximum absolute atomic E-state index is 5.95. The molecule has 1 aliphatic carbocycles. The van der Waals surface area contributed by atoms with Crippen LogP contribution in [0.4, 0.5) is 0 Å². The predicted molar refractivity (Wildman–Crippen MR) is 75.9 cm³/mol. The fraction of sp³-hybridized carbons (Fsp3) is 0.867. The molecule has 0 aromatic carbocycles. The molecule has 1 aliphatic rings. The lowest BCUT2D eigenvalue weighted by atomic mass is 10.0. The van der Waals surface area contributed by atoms with E-state index in [1.165, 1.54) is 0 Å². The summed E-state index contributed by atoms with van der Waals surface area (Å²) in [6.45, 7) is 11.2. The molecule has 18 heavy (non-hydrogen) atoms. The van der Waals surface area contributed by atoms with Gasteiger partial charge in [-0.2, -0.15) is 0 Å². The zero-order valence-electron chi connectivity index (χ0n) is 12.4. The molecule has 0 spiro atoms. The van der Waals surface area contributed by atoms with Crippen LogP contribution in [-0.4, -0.2) is 37.5 Å². The molecule has 0 saturated heterocycles. The van der Waals surface area contributed by atoms with Crippen molar-refractivity contribution in [2.75, 3.05) is 19.8 Å². The summed E-state index contributed by atoms with van der Waals surface area (Å²) in [5.41, 5.74) is 0.196. The Bertz CT molecular complexity index is 245. The molecule has 0 saturated carbocycles. The van der Waals surface area contributed by atoms with Crippen LogP contribution in [-0.2, 0) is 9.47 Å². The summed E-state index contributed by atoms with van der Waals surface area (Å²) in [6, 6.07) is 0. The van der Waals surface area contributed by atoms with E-state index in [0.29, 0.717) is 0 Å². The first-order chi connectivity index (χ1) is 8.53. The van der Waals surface area contributed by atoms with Gasteiger partial charge in [-0.25, -0.2) is 0 Å². The standard InChI is InChI=1S/C15H29NO2/c1-5-17-13-9-6-7-10-14(13)18-12-8-11-16-15(2,3)4/h6,9,13-14,16H,5,7-8,10-12H2,1-4H3. The van der Waals surface area contributed by atoms with E-state index in [1.54, 1.807) is 0 Å². The molecule has 0 heterocycles. The average Bonchev–Trinajstić information content (AvgIpc) is 2.29. The van der Waals surface area contributed by atoms with Gasteiger partial charge in [0.15, 0.2) is 0 Å². The van der Waals surface area contributed by atoms with Gasteiger partial charge in [-0.1, -0.05) is 12.2 Å². The molecule has 0 fully saturated rings. The molecule has 2 atom stereocenters. The Morgan fingerprint density at radius 3 is 2.72 bits per heavy atom. The summed E-state index contributed by atoms with van der Waals surface area (Å²) >= 11 is 0. The van der Waals surface area contributed by atoms with Crippen molar-refractivity contribution in [1.82, 2.24) is 5.32 Å². The summed E-state index contributed by atoms with van der Waals surface area (Å²) in [4.78, 5) is 0. The van der Waals surface area contributed by atoms with E-state index in [9.17, 15) is 0 Å². The second-order valence-corrected chi connectivity index (χ2v) is 5.87. The second-order valence-electron chi connectivity index (χ2n) is 5.87. The highest BCUT2D eigenvalue weighted by Gasteiger charge is 2.22. The minimum Gasteiger partial charge on any atom is -0.375 e. The topological polar surface area (TPSA) is 30.5 Å². The molecule has 2 unspecified atom stereocenters. The summed E-state index contributed by atoms with van der Waals surface area (Å²) in [7, 11) is 0. The van der Waals surface area contributed by atoms with Crippen LogP contribution in [0.3, 0.4) is 0 Å². The average molecular weight is 255 g/mol. The second kappa shape index (κ2) is 7.93. The van der Waals surface area contributed by atoms with E-state index < -0.39 is 0 Å². The van der Waals surface area contributed by atoms with Crippen molar-refractivity contribution in [1.29, 1.82) is 0 Å². The van der Waals surface area contributed by atoms with Gasteiger partial charge in [0, 0.05) is 18.8 Å². The van der Waals surface area contributed by atoms with Crippen LogP contribution >= 0.6 is 0 Å². The normalized spacial score (nSPS) is 24.4. The summed E-state index contributed by atoms with van der Waals surface area (Å²) in [5, 5.41) is 3.47. The van der Waals surface area contributed by atoms with Crippen LogP contribution in [0.25, 0.3) is 0 Å². The molecular formula is C15H29NO2. The summed E-state index contributed by atoms with van der Waals surface area (Å²) < 4.78 is 11.6. The minimum absolute atomic E-state index is 0.152. The third-order valence-electron chi connectivity index (χ3n) is 2.98. The maximum Gasteiger partial charge on any atom is 0.102 e. The lowest BCUT2D eigenvalue weighted by molar-refractivity contribution is -0.0557. The lowest BCUT2D eigenvalue weighted by Crippen LogP contribution is -2.37. The largest absolute Gasteiger partial charge is 0.375 e. The van der Waals surface area contributed by atoms with E-state index in [4.69, 9.17) is 9.47 Å². The van der Waals surface area contributed by atoms with Gasteiger partial charge in [0.1, 0.15) is 6.10 Å². The number of nitrogens with one attached hydrogen (secondary N) is 1. The Morgan fingerprint density at radius 2 is 2.06 bits per heavy atom. The van der Waals surface area contributed by atoms with Crippen LogP contribution in [0, 0.1) is 0 Å². The van der Waals surface area contributed by atoms with Crippen LogP contribution < -0.4 is 5.32 Å². The lowest BCUT2D eigenvalue weighted by Gasteiger charge is -2.28. The molecule has 0 aliphatic heterocycles. The molecule has 106 valence electrons. The smallest absolute Gasteiger partial charge is 0.102 e. The van der Waals surface area contributed by atoms with Gasteiger partial charge in [0.2, 0.25) is 0 Å². The van der Waals surface area contributed by atoms with Gasteiger partial charge < -0.3 is 14.8 Å². The van der Waals surface area contributed by atoms with Gasteiger partial charge in [-0.05, 0) is 53.5 Å². The first kappa shape index (κ1) is 15.7. The van der Waals surface area contributed by atoms with E-state index in [1.807, 2.05) is 6.92 Å². The van der Waals surface area contributed by atoms with E-state index in [2.05, 4.69) is 38.2 Å². The first-order valence-electron chi connectivity index (χ1n) is 7.18. The fourth-order valence-electron chi connectivity index (χ4n) is 2.08. The van der Waals surface area contributed by atoms with Crippen LogP contribution in [0.2, 0.25) is 0 Å². The third kappa shape index (κ3) is 6.53. The summed E-state index contributed by atoms with van der Waals surface area (Å²) in [5.74, 6) is 0. The zero-order valence-corrected chi connectivity index (χ0v) is 12.4. The third-order valence-corrected chi connectivity index (χ3v) is 2.98. The van der Waals surface area contributed by atoms with Crippen molar-refractivity contribution >= 4 is 0 Å². The Hall–Kier alpha value is -0.380. The molecule has 3 heteroatoms. The molecule has 1 rings (SSSR count). The van der Waals surface area contributed by atoms with Crippen molar-refractivity contribution in [2.24, 2.45) is 0 Å². The highest BCUT2D eigenvalue weighted by molar-refractivity contribution is 4.99. The molecule has 0 bridgehead atoms. The Kier molecular flexibility index (Phi) is 6.90. The SMILES string of the molecule is CCOC1C=CCCC1OCCCNC(C)(C)C. The van der Waals surface area contributed by atoms with Crippen molar-refractivity contribution in [3.05, 3.63) is 12.2 Å². The van der Waals surface area contributed by atoms with Crippen molar-refractivity contribution < 1.29 is 9.47 Å². The fourth-order valence-corrected chi connectivity index (χ4v) is 2.08.